The van der Waals surface area contributed by atoms with Crippen LogP contribution in [0.4, 0.5) is 5.69 Å². The summed E-state index contributed by atoms with van der Waals surface area (Å²) in [5.74, 6) is -0.554. The molecule has 3 aromatic rings. The number of carbonyl (C=O) groups is 3. The molecule has 154 valence electrons. The van der Waals surface area contributed by atoms with Crippen molar-refractivity contribution in [1.29, 1.82) is 0 Å². The number of rotatable bonds is 4. The van der Waals surface area contributed by atoms with Gasteiger partial charge >= 0.3 is 0 Å². The van der Waals surface area contributed by atoms with E-state index in [4.69, 9.17) is 0 Å². The monoisotopic (exact) mass is 404 g/mol. The Morgan fingerprint density at radius 1 is 1.03 bits per heavy atom. The molecule has 1 aliphatic heterocycles. The molecule has 1 aromatic heterocycles. The van der Waals surface area contributed by atoms with Crippen LogP contribution in [-0.2, 0) is 16.0 Å². The van der Waals surface area contributed by atoms with Crippen LogP contribution in [0.1, 0.15) is 35.0 Å². The fourth-order valence-corrected chi connectivity index (χ4v) is 3.97. The second-order valence-corrected chi connectivity index (χ2v) is 7.51. The zero-order chi connectivity index (χ0) is 21.3. The van der Waals surface area contributed by atoms with Crippen molar-refractivity contribution in [3.05, 3.63) is 65.4 Å². The predicted molar refractivity (Wildman–Crippen MR) is 115 cm³/mol. The van der Waals surface area contributed by atoms with Crippen LogP contribution in [0.3, 0.4) is 0 Å². The number of amides is 3. The predicted octanol–water partition coefficient (Wildman–Crippen LogP) is 3.27. The summed E-state index contributed by atoms with van der Waals surface area (Å²) in [6.45, 7) is 4.38. The Morgan fingerprint density at radius 3 is 2.60 bits per heavy atom. The average Bonchev–Trinajstić information content (AvgIpc) is 3.32. The van der Waals surface area contributed by atoms with Crippen molar-refractivity contribution < 1.29 is 14.4 Å². The zero-order valence-electron chi connectivity index (χ0n) is 17.1. The van der Waals surface area contributed by atoms with Crippen LogP contribution in [0.15, 0.2) is 48.5 Å². The molecule has 7 nitrogen and oxygen atoms in total. The van der Waals surface area contributed by atoms with Gasteiger partial charge in [-0.05, 0) is 43.2 Å². The van der Waals surface area contributed by atoms with E-state index in [1.54, 1.807) is 29.3 Å². The lowest BCUT2D eigenvalue weighted by Gasteiger charge is -2.28. The van der Waals surface area contributed by atoms with Crippen molar-refractivity contribution in [2.24, 2.45) is 0 Å². The molecule has 3 amide bonds. The number of carbonyl (C=O) groups excluding carboxylic acids is 3. The Labute approximate surface area is 174 Å². The van der Waals surface area contributed by atoms with Gasteiger partial charge in [0.2, 0.25) is 11.8 Å². The summed E-state index contributed by atoms with van der Waals surface area (Å²) in [4.78, 5) is 40.8. The number of aryl methyl sites for hydroxylation is 1. The lowest BCUT2D eigenvalue weighted by Crippen LogP contribution is -2.45. The summed E-state index contributed by atoms with van der Waals surface area (Å²) in [6, 6.07) is 14.7. The third kappa shape index (κ3) is 3.78. The molecule has 2 aromatic carbocycles. The average molecular weight is 404 g/mol. The van der Waals surface area contributed by atoms with Crippen molar-refractivity contribution in [2.75, 3.05) is 18.4 Å². The van der Waals surface area contributed by atoms with E-state index in [9.17, 15) is 14.4 Å². The van der Waals surface area contributed by atoms with E-state index in [-0.39, 0.29) is 24.1 Å². The van der Waals surface area contributed by atoms with E-state index in [0.717, 1.165) is 28.6 Å². The van der Waals surface area contributed by atoms with Crippen LogP contribution < -0.4 is 5.32 Å². The standard InChI is InChI=1S/C23H24N4O3/c1-15-20(19-9-3-4-10-21(19)24-15)14-22(29)26-11-6-12-27(26)23(30)17-7-5-8-18(13-17)25-16(2)28/h3-5,7-10,13,24H,6,11-12,14H2,1-2H3,(H,25,28). The fourth-order valence-electron chi connectivity index (χ4n) is 3.97. The van der Waals surface area contributed by atoms with Crippen LogP contribution in [-0.4, -0.2) is 45.8 Å². The maximum Gasteiger partial charge on any atom is 0.272 e. The number of hydrogen-bond donors (Lipinski definition) is 2. The third-order valence-corrected chi connectivity index (χ3v) is 5.34. The molecule has 30 heavy (non-hydrogen) atoms. The largest absolute Gasteiger partial charge is 0.358 e. The van der Waals surface area contributed by atoms with Crippen molar-refractivity contribution in [2.45, 2.75) is 26.7 Å². The number of benzene rings is 2. The van der Waals surface area contributed by atoms with Gasteiger partial charge in [0, 0.05) is 47.9 Å². The highest BCUT2D eigenvalue weighted by Gasteiger charge is 2.32. The number of anilines is 1. The highest BCUT2D eigenvalue weighted by Crippen LogP contribution is 2.24. The van der Waals surface area contributed by atoms with Gasteiger partial charge in [-0.25, -0.2) is 5.01 Å². The summed E-state index contributed by atoms with van der Waals surface area (Å²) >= 11 is 0. The highest BCUT2D eigenvalue weighted by molar-refractivity contribution is 5.98. The molecule has 0 aliphatic carbocycles. The van der Waals surface area contributed by atoms with Crippen LogP contribution in [0.5, 0.6) is 0 Å². The molecule has 2 heterocycles. The summed E-state index contributed by atoms with van der Waals surface area (Å²) in [5, 5.41) is 6.78. The van der Waals surface area contributed by atoms with Crippen molar-refractivity contribution in [3.63, 3.8) is 0 Å². The Bertz CT molecular complexity index is 1130. The second-order valence-electron chi connectivity index (χ2n) is 7.51. The number of nitrogens with one attached hydrogen (secondary N) is 2. The van der Waals surface area contributed by atoms with E-state index in [1.165, 1.54) is 11.9 Å². The van der Waals surface area contributed by atoms with E-state index in [2.05, 4.69) is 10.3 Å². The summed E-state index contributed by atoms with van der Waals surface area (Å²) < 4.78 is 0. The third-order valence-electron chi connectivity index (χ3n) is 5.34. The lowest BCUT2D eigenvalue weighted by atomic mass is 10.1. The Balaban J connectivity index is 1.54. The molecule has 1 fully saturated rings. The van der Waals surface area contributed by atoms with E-state index in [1.807, 2.05) is 31.2 Å². The second kappa shape index (κ2) is 8.02. The van der Waals surface area contributed by atoms with Crippen molar-refractivity contribution in [1.82, 2.24) is 15.0 Å². The van der Waals surface area contributed by atoms with Gasteiger partial charge in [0.05, 0.1) is 6.42 Å². The first-order valence-electron chi connectivity index (χ1n) is 10.00. The summed E-state index contributed by atoms with van der Waals surface area (Å²) in [5.41, 5.74) is 3.91. The molecule has 0 spiro atoms. The minimum Gasteiger partial charge on any atom is -0.358 e. The molecule has 0 atom stereocenters. The number of fused-ring (bicyclic) bond motifs is 1. The fraction of sp³-hybridized carbons (Fsp3) is 0.261. The normalized spacial score (nSPS) is 13.7. The molecule has 0 unspecified atom stereocenters. The number of nitrogens with zero attached hydrogens (tertiary/aromatic N) is 2. The minimum absolute atomic E-state index is 0.105. The quantitative estimate of drug-likeness (QED) is 0.700. The first-order valence-corrected chi connectivity index (χ1v) is 10.00. The van der Waals surface area contributed by atoms with Gasteiger partial charge in [-0.3, -0.25) is 19.4 Å². The molecular weight excluding hydrogens is 380 g/mol. The number of aromatic nitrogens is 1. The number of para-hydroxylation sites is 1. The Kier molecular flexibility index (Phi) is 5.27. The van der Waals surface area contributed by atoms with Gasteiger partial charge in [-0.2, -0.15) is 0 Å². The number of hydrogen-bond acceptors (Lipinski definition) is 3. The number of H-pyrrole nitrogens is 1. The first-order chi connectivity index (χ1) is 14.4. The van der Waals surface area contributed by atoms with Crippen LogP contribution in [0, 0.1) is 6.92 Å². The maximum absolute atomic E-state index is 13.1. The Morgan fingerprint density at radius 2 is 1.80 bits per heavy atom. The van der Waals surface area contributed by atoms with E-state index in [0.29, 0.717) is 24.3 Å². The summed E-state index contributed by atoms with van der Waals surface area (Å²) in [7, 11) is 0. The molecule has 0 saturated carbocycles. The van der Waals surface area contributed by atoms with Crippen molar-refractivity contribution in [3.8, 4) is 0 Å². The van der Waals surface area contributed by atoms with Gasteiger partial charge in [-0.1, -0.05) is 24.3 Å². The van der Waals surface area contributed by atoms with Gasteiger partial charge < -0.3 is 10.3 Å². The molecule has 7 heteroatoms. The molecule has 0 bridgehead atoms. The van der Waals surface area contributed by atoms with Crippen molar-refractivity contribution >= 4 is 34.3 Å². The van der Waals surface area contributed by atoms with E-state index >= 15 is 0 Å². The van der Waals surface area contributed by atoms with Crippen LogP contribution in [0.2, 0.25) is 0 Å². The van der Waals surface area contributed by atoms with Gasteiger partial charge in [0.15, 0.2) is 0 Å². The lowest BCUT2D eigenvalue weighted by molar-refractivity contribution is -0.139. The maximum atomic E-state index is 13.1. The highest BCUT2D eigenvalue weighted by atomic mass is 16.2. The minimum atomic E-state index is -0.247. The van der Waals surface area contributed by atoms with Crippen LogP contribution in [0.25, 0.3) is 10.9 Å². The molecule has 2 N–H and O–H groups in total. The van der Waals surface area contributed by atoms with Crippen LogP contribution >= 0.6 is 0 Å². The number of hydrazine groups is 1. The molecule has 1 aliphatic rings. The smallest absolute Gasteiger partial charge is 0.272 e. The number of aromatic amines is 1. The topological polar surface area (TPSA) is 85.5 Å². The summed E-state index contributed by atoms with van der Waals surface area (Å²) in [6.07, 6.45) is 0.960. The van der Waals surface area contributed by atoms with Gasteiger partial charge in [0.1, 0.15) is 0 Å². The van der Waals surface area contributed by atoms with Gasteiger partial charge in [0.25, 0.3) is 5.91 Å². The zero-order valence-corrected chi connectivity index (χ0v) is 17.1. The van der Waals surface area contributed by atoms with E-state index < -0.39 is 0 Å². The molecule has 1 saturated heterocycles. The Hall–Kier alpha value is -3.61. The first kappa shape index (κ1) is 19.7. The van der Waals surface area contributed by atoms with Gasteiger partial charge in [-0.15, -0.1) is 0 Å². The molecule has 0 radical (unpaired) electrons. The molecular formula is C23H24N4O3. The SMILES string of the molecule is CC(=O)Nc1cccc(C(=O)N2CCCN2C(=O)Cc2c(C)[nH]c3ccccc23)c1. The molecule has 4 rings (SSSR count).